The fourth-order valence-electron chi connectivity index (χ4n) is 4.07. The van der Waals surface area contributed by atoms with E-state index in [1.54, 1.807) is 0 Å². The number of aliphatic hydroxyl groups is 1. The van der Waals surface area contributed by atoms with Gasteiger partial charge in [-0.3, -0.25) is 9.58 Å². The lowest BCUT2D eigenvalue weighted by Crippen LogP contribution is -2.48. The molecule has 2 heterocycles. The van der Waals surface area contributed by atoms with Gasteiger partial charge in [0.1, 0.15) is 0 Å². The Labute approximate surface area is 121 Å². The van der Waals surface area contributed by atoms with Gasteiger partial charge in [-0.15, -0.1) is 0 Å². The zero-order valence-electron chi connectivity index (χ0n) is 12.5. The second-order valence-corrected chi connectivity index (χ2v) is 6.57. The minimum atomic E-state index is -0.0803. The standard InChI is InChI=1S/C16H27N3O/c1-18-11-13(10-17-18)12-19-9-5-4-7-15(19)14-6-2-3-8-16(14)20/h10-11,14-16,20H,2-9,12H2,1H3. The van der Waals surface area contributed by atoms with Crippen LogP contribution in [-0.4, -0.2) is 38.5 Å². The quantitative estimate of drug-likeness (QED) is 0.922. The molecule has 3 unspecified atom stereocenters. The van der Waals surface area contributed by atoms with E-state index in [-0.39, 0.29) is 6.10 Å². The van der Waals surface area contributed by atoms with Gasteiger partial charge in [0.15, 0.2) is 0 Å². The van der Waals surface area contributed by atoms with Gasteiger partial charge in [-0.25, -0.2) is 0 Å². The van der Waals surface area contributed by atoms with Gasteiger partial charge in [-0.05, 0) is 32.2 Å². The third-order valence-corrected chi connectivity index (χ3v) is 5.08. The Morgan fingerprint density at radius 3 is 2.75 bits per heavy atom. The molecule has 112 valence electrons. The van der Waals surface area contributed by atoms with E-state index in [2.05, 4.69) is 16.2 Å². The zero-order chi connectivity index (χ0) is 13.9. The Morgan fingerprint density at radius 1 is 1.20 bits per heavy atom. The number of hydrogen-bond acceptors (Lipinski definition) is 3. The van der Waals surface area contributed by atoms with Crippen LogP contribution < -0.4 is 0 Å². The minimum absolute atomic E-state index is 0.0803. The van der Waals surface area contributed by atoms with Crippen LogP contribution in [0.1, 0.15) is 50.5 Å². The monoisotopic (exact) mass is 277 g/mol. The predicted octanol–water partition coefficient (Wildman–Crippen LogP) is 2.33. The van der Waals surface area contributed by atoms with Gasteiger partial charge in [0.05, 0.1) is 12.3 Å². The van der Waals surface area contributed by atoms with Crippen molar-refractivity contribution in [3.05, 3.63) is 18.0 Å². The van der Waals surface area contributed by atoms with Crippen LogP contribution in [0.15, 0.2) is 12.4 Å². The van der Waals surface area contributed by atoms with E-state index in [0.717, 1.165) is 13.0 Å². The summed E-state index contributed by atoms with van der Waals surface area (Å²) in [7, 11) is 1.97. The first-order chi connectivity index (χ1) is 9.74. The van der Waals surface area contributed by atoms with Crippen LogP contribution in [0.4, 0.5) is 0 Å². The Bertz CT molecular complexity index is 431. The van der Waals surface area contributed by atoms with Crippen molar-refractivity contribution in [2.45, 2.75) is 63.6 Å². The van der Waals surface area contributed by atoms with Crippen LogP contribution in [0.5, 0.6) is 0 Å². The van der Waals surface area contributed by atoms with Gasteiger partial charge in [0.2, 0.25) is 0 Å². The highest BCUT2D eigenvalue weighted by molar-refractivity contribution is 5.04. The van der Waals surface area contributed by atoms with Crippen molar-refractivity contribution in [2.75, 3.05) is 6.54 Å². The summed E-state index contributed by atoms with van der Waals surface area (Å²) in [6.07, 6.45) is 12.6. The Kier molecular flexibility index (Phi) is 4.41. The fraction of sp³-hybridized carbons (Fsp3) is 0.812. The SMILES string of the molecule is Cn1cc(CN2CCCCC2C2CCCCC2O)cn1. The van der Waals surface area contributed by atoms with E-state index < -0.39 is 0 Å². The first-order valence-corrected chi connectivity index (χ1v) is 8.13. The lowest BCUT2D eigenvalue weighted by atomic mass is 9.78. The number of aryl methyl sites for hydroxylation is 1. The highest BCUT2D eigenvalue weighted by Crippen LogP contribution is 2.34. The van der Waals surface area contributed by atoms with E-state index in [9.17, 15) is 5.11 Å². The third kappa shape index (κ3) is 3.07. The van der Waals surface area contributed by atoms with E-state index in [1.165, 1.54) is 50.6 Å². The van der Waals surface area contributed by atoms with Gasteiger partial charge in [0, 0.05) is 37.3 Å². The highest BCUT2D eigenvalue weighted by atomic mass is 16.3. The number of nitrogens with zero attached hydrogens (tertiary/aromatic N) is 3. The fourth-order valence-corrected chi connectivity index (χ4v) is 4.07. The third-order valence-electron chi connectivity index (χ3n) is 5.08. The molecule has 0 aromatic carbocycles. The lowest BCUT2D eigenvalue weighted by molar-refractivity contribution is -0.00861. The molecule has 1 saturated heterocycles. The molecule has 1 saturated carbocycles. The molecule has 0 radical (unpaired) electrons. The van der Waals surface area contributed by atoms with Crippen molar-refractivity contribution in [2.24, 2.45) is 13.0 Å². The molecule has 20 heavy (non-hydrogen) atoms. The minimum Gasteiger partial charge on any atom is -0.393 e. The first kappa shape index (κ1) is 14.1. The molecule has 1 aliphatic heterocycles. The van der Waals surface area contributed by atoms with Crippen molar-refractivity contribution in [3.63, 3.8) is 0 Å². The molecule has 4 heteroatoms. The molecule has 0 spiro atoms. The molecule has 0 bridgehead atoms. The first-order valence-electron chi connectivity index (χ1n) is 8.13. The van der Waals surface area contributed by atoms with Crippen LogP contribution in [0.25, 0.3) is 0 Å². The summed E-state index contributed by atoms with van der Waals surface area (Å²) in [6.45, 7) is 2.16. The summed E-state index contributed by atoms with van der Waals surface area (Å²) in [4.78, 5) is 2.60. The second kappa shape index (κ2) is 6.27. The maximum Gasteiger partial charge on any atom is 0.0583 e. The number of likely N-dealkylation sites (tertiary alicyclic amines) is 1. The van der Waals surface area contributed by atoms with E-state index in [0.29, 0.717) is 12.0 Å². The molecule has 1 N–H and O–H groups in total. The Balaban J connectivity index is 1.69. The molecular formula is C16H27N3O. The summed E-state index contributed by atoms with van der Waals surface area (Å²) in [5, 5.41) is 14.6. The van der Waals surface area contributed by atoms with E-state index in [1.807, 2.05) is 17.9 Å². The maximum atomic E-state index is 10.4. The summed E-state index contributed by atoms with van der Waals surface area (Å²) >= 11 is 0. The molecule has 3 atom stereocenters. The lowest BCUT2D eigenvalue weighted by Gasteiger charge is -2.43. The van der Waals surface area contributed by atoms with Crippen LogP contribution in [0, 0.1) is 5.92 Å². The second-order valence-electron chi connectivity index (χ2n) is 6.57. The summed E-state index contributed by atoms with van der Waals surface area (Å²) < 4.78 is 1.88. The van der Waals surface area contributed by atoms with Crippen molar-refractivity contribution in [3.8, 4) is 0 Å². The van der Waals surface area contributed by atoms with Crippen LogP contribution in [0.3, 0.4) is 0 Å². The van der Waals surface area contributed by atoms with Crippen molar-refractivity contribution < 1.29 is 5.11 Å². The Hall–Kier alpha value is -0.870. The predicted molar refractivity (Wildman–Crippen MR) is 79.2 cm³/mol. The summed E-state index contributed by atoms with van der Waals surface area (Å²) in [5.74, 6) is 0.487. The normalized spacial score (nSPS) is 32.4. The summed E-state index contributed by atoms with van der Waals surface area (Å²) in [6, 6.07) is 0.569. The van der Waals surface area contributed by atoms with Gasteiger partial charge < -0.3 is 5.11 Å². The molecule has 2 fully saturated rings. The number of rotatable bonds is 3. The molecule has 3 rings (SSSR count). The molecule has 1 aliphatic carbocycles. The van der Waals surface area contributed by atoms with Gasteiger partial charge in [0.25, 0.3) is 0 Å². The van der Waals surface area contributed by atoms with Crippen molar-refractivity contribution >= 4 is 0 Å². The molecule has 0 amide bonds. The van der Waals surface area contributed by atoms with Gasteiger partial charge in [-0.1, -0.05) is 19.3 Å². The average molecular weight is 277 g/mol. The van der Waals surface area contributed by atoms with Crippen molar-refractivity contribution in [1.29, 1.82) is 0 Å². The molecular weight excluding hydrogens is 250 g/mol. The molecule has 4 nitrogen and oxygen atoms in total. The zero-order valence-corrected chi connectivity index (χ0v) is 12.5. The largest absolute Gasteiger partial charge is 0.393 e. The average Bonchev–Trinajstić information content (AvgIpc) is 2.86. The van der Waals surface area contributed by atoms with Crippen LogP contribution in [0.2, 0.25) is 0 Å². The van der Waals surface area contributed by atoms with Crippen molar-refractivity contribution in [1.82, 2.24) is 14.7 Å². The smallest absolute Gasteiger partial charge is 0.0583 e. The van der Waals surface area contributed by atoms with Crippen LogP contribution in [-0.2, 0) is 13.6 Å². The van der Waals surface area contributed by atoms with E-state index >= 15 is 0 Å². The Morgan fingerprint density at radius 2 is 2.00 bits per heavy atom. The van der Waals surface area contributed by atoms with Gasteiger partial charge >= 0.3 is 0 Å². The number of hydrogen-bond donors (Lipinski definition) is 1. The van der Waals surface area contributed by atoms with Gasteiger partial charge in [-0.2, -0.15) is 5.10 Å². The highest BCUT2D eigenvalue weighted by Gasteiger charge is 2.35. The molecule has 1 aromatic rings. The number of piperidine rings is 1. The number of aliphatic hydroxyl groups excluding tert-OH is 1. The summed E-state index contributed by atoms with van der Waals surface area (Å²) in [5.41, 5.74) is 1.30. The van der Waals surface area contributed by atoms with Crippen LogP contribution >= 0.6 is 0 Å². The topological polar surface area (TPSA) is 41.3 Å². The molecule has 1 aromatic heterocycles. The number of aromatic nitrogens is 2. The molecule has 2 aliphatic rings. The maximum absolute atomic E-state index is 10.4. The van der Waals surface area contributed by atoms with E-state index in [4.69, 9.17) is 0 Å².